The van der Waals surface area contributed by atoms with Crippen molar-refractivity contribution in [2.75, 3.05) is 19.0 Å². The Hall–Kier alpha value is -0.260. The van der Waals surface area contributed by atoms with Gasteiger partial charge in [-0.3, -0.25) is 4.79 Å². The molecule has 1 aliphatic rings. The van der Waals surface area contributed by atoms with Crippen LogP contribution in [-0.2, 0) is 9.53 Å². The summed E-state index contributed by atoms with van der Waals surface area (Å²) >= 11 is 2.02. The molecule has 1 aliphatic heterocycles. The molecule has 1 saturated heterocycles. The van der Waals surface area contributed by atoms with Gasteiger partial charge in [-0.1, -0.05) is 6.42 Å². The van der Waals surface area contributed by atoms with E-state index < -0.39 is 11.4 Å². The first-order valence-electron chi connectivity index (χ1n) is 6.30. The second kappa shape index (κ2) is 7.24. The lowest BCUT2D eigenvalue weighted by atomic mass is 9.96. The van der Waals surface area contributed by atoms with Crippen molar-refractivity contribution < 1.29 is 9.53 Å². The first-order valence-corrected chi connectivity index (χ1v) is 7.35. The zero-order valence-corrected chi connectivity index (χ0v) is 11.4. The average molecular weight is 260 g/mol. The van der Waals surface area contributed by atoms with E-state index in [1.807, 2.05) is 11.8 Å². The van der Waals surface area contributed by atoms with Gasteiger partial charge in [0.2, 0.25) is 5.91 Å². The maximum Gasteiger partial charge on any atom is 0.237 e. The van der Waals surface area contributed by atoms with Crippen molar-refractivity contribution in [3.8, 4) is 0 Å². The van der Waals surface area contributed by atoms with E-state index in [1.165, 1.54) is 12.8 Å². The predicted molar refractivity (Wildman–Crippen MR) is 71.9 cm³/mol. The Morgan fingerprint density at radius 2 is 2.06 bits per heavy atom. The molecule has 0 bridgehead atoms. The van der Waals surface area contributed by atoms with Gasteiger partial charge in [0.15, 0.2) is 0 Å². The third-order valence-electron chi connectivity index (χ3n) is 3.18. The van der Waals surface area contributed by atoms with Crippen LogP contribution in [0.15, 0.2) is 0 Å². The van der Waals surface area contributed by atoms with Crippen LogP contribution in [0.4, 0.5) is 0 Å². The number of hydrogen-bond donors (Lipinski definition) is 2. The van der Waals surface area contributed by atoms with E-state index in [4.69, 9.17) is 16.2 Å². The van der Waals surface area contributed by atoms with Crippen molar-refractivity contribution in [2.24, 2.45) is 11.5 Å². The smallest absolute Gasteiger partial charge is 0.237 e. The largest absolute Gasteiger partial charge is 0.381 e. The zero-order valence-electron chi connectivity index (χ0n) is 10.6. The summed E-state index contributed by atoms with van der Waals surface area (Å²) in [6.07, 6.45) is 5.08. The molecule has 5 heteroatoms. The molecular formula is C12H24N2O2S. The first-order chi connectivity index (χ1) is 8.02. The highest BCUT2D eigenvalue weighted by Gasteiger charge is 2.24. The molecule has 0 aromatic rings. The van der Waals surface area contributed by atoms with Gasteiger partial charge in [-0.2, -0.15) is 11.8 Å². The molecule has 0 radical (unpaired) electrons. The van der Waals surface area contributed by atoms with E-state index in [9.17, 15) is 4.79 Å². The van der Waals surface area contributed by atoms with Crippen molar-refractivity contribution in [1.29, 1.82) is 0 Å². The van der Waals surface area contributed by atoms with Gasteiger partial charge in [0, 0.05) is 18.5 Å². The molecule has 0 aliphatic carbocycles. The number of rotatable bonds is 7. The Labute approximate surface area is 108 Å². The summed E-state index contributed by atoms with van der Waals surface area (Å²) in [6, 6.07) is 0. The Morgan fingerprint density at radius 3 is 2.65 bits per heavy atom. The van der Waals surface area contributed by atoms with Gasteiger partial charge >= 0.3 is 0 Å². The van der Waals surface area contributed by atoms with Gasteiger partial charge in [-0.15, -0.1) is 0 Å². The normalized spacial score (nSPS) is 21.1. The predicted octanol–water partition coefficient (Wildman–Crippen LogP) is 1.27. The van der Waals surface area contributed by atoms with E-state index in [0.29, 0.717) is 6.42 Å². The lowest BCUT2D eigenvalue weighted by Crippen LogP contribution is -2.49. The van der Waals surface area contributed by atoms with Crippen LogP contribution in [-0.4, -0.2) is 35.7 Å². The molecule has 1 fully saturated rings. The number of unbranched alkanes of at least 4 members (excludes halogenated alkanes) is 1. The minimum atomic E-state index is -0.844. The Bertz CT molecular complexity index is 241. The molecule has 1 amide bonds. The maximum absolute atomic E-state index is 11.0. The molecule has 4 nitrogen and oxygen atoms in total. The van der Waals surface area contributed by atoms with Gasteiger partial charge < -0.3 is 16.2 Å². The molecule has 0 aromatic carbocycles. The fourth-order valence-electron chi connectivity index (χ4n) is 1.81. The molecule has 1 unspecified atom stereocenters. The molecule has 100 valence electrons. The highest BCUT2D eigenvalue weighted by molar-refractivity contribution is 7.99. The summed E-state index contributed by atoms with van der Waals surface area (Å²) in [5.41, 5.74) is 10.2. The molecular weight excluding hydrogens is 236 g/mol. The van der Waals surface area contributed by atoms with Crippen molar-refractivity contribution in [1.82, 2.24) is 0 Å². The molecule has 1 heterocycles. The number of primary amides is 1. The average Bonchev–Trinajstić information content (AvgIpc) is 2.29. The van der Waals surface area contributed by atoms with Crippen LogP contribution in [0, 0.1) is 0 Å². The number of nitrogens with two attached hydrogens (primary N) is 2. The van der Waals surface area contributed by atoms with Crippen molar-refractivity contribution in [3.05, 3.63) is 0 Å². The molecule has 0 saturated carbocycles. The summed E-state index contributed by atoms with van der Waals surface area (Å²) in [5, 5.41) is 0.754. The van der Waals surface area contributed by atoms with E-state index in [2.05, 4.69) is 0 Å². The van der Waals surface area contributed by atoms with Crippen molar-refractivity contribution >= 4 is 17.7 Å². The van der Waals surface area contributed by atoms with Gasteiger partial charge in [-0.05, 0) is 38.4 Å². The molecule has 4 N–H and O–H groups in total. The number of hydrogen-bond acceptors (Lipinski definition) is 4. The minimum absolute atomic E-state index is 0.408. The first kappa shape index (κ1) is 14.8. The standard InChI is InChI=1S/C12H24N2O2S/c1-12(14,11(13)15)6-2-3-9-17-10-4-7-16-8-5-10/h10H,2-9,14H2,1H3,(H2,13,15). The molecule has 17 heavy (non-hydrogen) atoms. The zero-order chi connectivity index (χ0) is 12.7. The fourth-order valence-corrected chi connectivity index (χ4v) is 3.04. The van der Waals surface area contributed by atoms with Crippen LogP contribution < -0.4 is 11.5 Å². The number of amides is 1. The molecule has 0 spiro atoms. The molecule has 1 rings (SSSR count). The van der Waals surface area contributed by atoms with Gasteiger partial charge in [0.05, 0.1) is 5.54 Å². The number of carbonyl (C=O) groups is 1. The lowest BCUT2D eigenvalue weighted by Gasteiger charge is -2.22. The van der Waals surface area contributed by atoms with E-state index >= 15 is 0 Å². The molecule has 0 aromatic heterocycles. The Kier molecular flexibility index (Phi) is 6.30. The fraction of sp³-hybridized carbons (Fsp3) is 0.917. The SMILES string of the molecule is CC(N)(CCCCSC1CCOCC1)C(N)=O. The van der Waals surface area contributed by atoms with Crippen LogP contribution in [0.5, 0.6) is 0 Å². The van der Waals surface area contributed by atoms with Gasteiger partial charge in [-0.25, -0.2) is 0 Å². The molecule has 1 atom stereocenters. The van der Waals surface area contributed by atoms with E-state index in [0.717, 1.165) is 37.1 Å². The number of thioether (sulfide) groups is 1. The van der Waals surface area contributed by atoms with Crippen LogP contribution in [0.1, 0.15) is 39.0 Å². The van der Waals surface area contributed by atoms with Gasteiger partial charge in [0.25, 0.3) is 0 Å². The quantitative estimate of drug-likeness (QED) is 0.676. The maximum atomic E-state index is 11.0. The van der Waals surface area contributed by atoms with Crippen LogP contribution >= 0.6 is 11.8 Å². The third-order valence-corrected chi connectivity index (χ3v) is 4.64. The van der Waals surface area contributed by atoms with Crippen LogP contribution in [0.3, 0.4) is 0 Å². The van der Waals surface area contributed by atoms with Gasteiger partial charge in [0.1, 0.15) is 0 Å². The highest BCUT2D eigenvalue weighted by atomic mass is 32.2. The Balaban J connectivity index is 2.02. The summed E-state index contributed by atoms with van der Waals surface area (Å²) in [4.78, 5) is 11.0. The second-order valence-corrected chi connectivity index (χ2v) is 6.33. The summed E-state index contributed by atoms with van der Waals surface area (Å²) in [5.74, 6) is 0.731. The summed E-state index contributed by atoms with van der Waals surface area (Å²) in [7, 11) is 0. The minimum Gasteiger partial charge on any atom is -0.381 e. The summed E-state index contributed by atoms with van der Waals surface area (Å²) in [6.45, 7) is 3.52. The number of carbonyl (C=O) groups excluding carboxylic acids is 1. The topological polar surface area (TPSA) is 78.3 Å². The Morgan fingerprint density at radius 1 is 1.41 bits per heavy atom. The van der Waals surface area contributed by atoms with Crippen LogP contribution in [0.25, 0.3) is 0 Å². The van der Waals surface area contributed by atoms with Crippen molar-refractivity contribution in [3.63, 3.8) is 0 Å². The van der Waals surface area contributed by atoms with Crippen LogP contribution in [0.2, 0.25) is 0 Å². The van der Waals surface area contributed by atoms with Crippen molar-refractivity contribution in [2.45, 2.75) is 49.8 Å². The monoisotopic (exact) mass is 260 g/mol. The number of ether oxygens (including phenoxy) is 1. The second-order valence-electron chi connectivity index (χ2n) is 4.92. The lowest BCUT2D eigenvalue weighted by molar-refractivity contribution is -0.122. The summed E-state index contributed by atoms with van der Waals surface area (Å²) < 4.78 is 5.32. The van der Waals surface area contributed by atoms with E-state index in [-0.39, 0.29) is 0 Å². The highest BCUT2D eigenvalue weighted by Crippen LogP contribution is 2.23. The van der Waals surface area contributed by atoms with E-state index in [1.54, 1.807) is 6.92 Å². The third kappa shape index (κ3) is 5.75.